The summed E-state index contributed by atoms with van der Waals surface area (Å²) in [6.07, 6.45) is 22.7. The van der Waals surface area contributed by atoms with Crippen molar-refractivity contribution >= 4 is 0 Å². The molecule has 0 aliphatic rings. The minimum atomic E-state index is -0.0214. The van der Waals surface area contributed by atoms with Crippen molar-refractivity contribution in [3.05, 3.63) is 24.8 Å². The van der Waals surface area contributed by atoms with E-state index in [-0.39, 0.29) is 6.29 Å². The van der Waals surface area contributed by atoms with Crippen molar-refractivity contribution in [2.45, 2.75) is 110 Å². The van der Waals surface area contributed by atoms with Crippen molar-refractivity contribution in [1.29, 1.82) is 0 Å². The first-order chi connectivity index (χ1) is 13.3. The molecule has 2 nitrogen and oxygen atoms in total. The van der Waals surface area contributed by atoms with Gasteiger partial charge in [-0.25, -0.2) is 0 Å². The van der Waals surface area contributed by atoms with Crippen LogP contribution in [0.15, 0.2) is 24.8 Å². The monoisotopic (exact) mass is 376 g/mol. The predicted molar refractivity (Wildman–Crippen MR) is 119 cm³/mol. The number of hydrogen-bond acceptors (Lipinski definition) is 2. The maximum atomic E-state index is 6.04. The zero-order valence-corrected chi connectivity index (χ0v) is 18.1. The lowest BCUT2D eigenvalue weighted by molar-refractivity contribution is -0.148. The van der Waals surface area contributed by atoms with E-state index in [4.69, 9.17) is 9.47 Å². The Kier molecular flexibility index (Phi) is 22.1. The van der Waals surface area contributed by atoms with Crippen LogP contribution < -0.4 is 0 Å². The van der Waals surface area contributed by atoms with Gasteiger partial charge in [-0.05, 0) is 50.7 Å². The van der Waals surface area contributed by atoms with Crippen LogP contribution in [0.2, 0.25) is 0 Å². The summed E-state index contributed by atoms with van der Waals surface area (Å²) >= 11 is 0. The third kappa shape index (κ3) is 21.1. The van der Waals surface area contributed by atoms with E-state index in [1.165, 1.54) is 51.4 Å². The van der Waals surface area contributed by atoms with Crippen LogP contribution in [-0.2, 0) is 9.47 Å². The fourth-order valence-electron chi connectivity index (χ4n) is 2.88. The van der Waals surface area contributed by atoms with Crippen LogP contribution in [-0.4, -0.2) is 19.5 Å². The summed E-state index contributed by atoms with van der Waals surface area (Å²) in [6.45, 7) is 9.76. The summed E-state index contributed by atoms with van der Waals surface area (Å²) in [4.78, 5) is 0. The van der Waals surface area contributed by atoms with Gasteiger partial charge in [0, 0.05) is 13.2 Å². The number of hydrogen-bond donors (Lipinski definition) is 0. The van der Waals surface area contributed by atoms with Gasteiger partial charge in [0.15, 0.2) is 6.29 Å². The Hall–Kier alpha value is -1.04. The molecule has 0 aliphatic carbocycles. The molecule has 156 valence electrons. The summed E-state index contributed by atoms with van der Waals surface area (Å²) in [6, 6.07) is 0. The van der Waals surface area contributed by atoms with Crippen molar-refractivity contribution in [2.24, 2.45) is 0 Å². The van der Waals surface area contributed by atoms with Crippen molar-refractivity contribution < 1.29 is 9.47 Å². The molecule has 2 heteroatoms. The summed E-state index contributed by atoms with van der Waals surface area (Å²) in [5.41, 5.74) is 0. The zero-order chi connectivity index (χ0) is 19.8. The zero-order valence-electron chi connectivity index (χ0n) is 18.1. The summed E-state index contributed by atoms with van der Waals surface area (Å²) < 4.78 is 12.1. The average Bonchev–Trinajstić information content (AvgIpc) is 2.68. The van der Waals surface area contributed by atoms with Gasteiger partial charge in [0.1, 0.15) is 0 Å². The molecular weight excluding hydrogens is 332 g/mol. The van der Waals surface area contributed by atoms with Gasteiger partial charge in [0.2, 0.25) is 0 Å². The lowest BCUT2D eigenvalue weighted by Crippen LogP contribution is -2.19. The Bertz CT molecular complexity index is 373. The Morgan fingerprint density at radius 2 is 1.33 bits per heavy atom. The third-order valence-electron chi connectivity index (χ3n) is 4.55. The fraction of sp³-hybridized carbons (Fsp3) is 0.760. The first-order valence-corrected chi connectivity index (χ1v) is 11.3. The van der Waals surface area contributed by atoms with E-state index in [0.717, 1.165) is 51.7 Å². The second-order valence-corrected chi connectivity index (χ2v) is 7.18. The number of allylic oxidation sites excluding steroid dienone is 3. The molecule has 0 bridgehead atoms. The average molecular weight is 377 g/mol. The molecule has 0 aliphatic heterocycles. The Balaban J connectivity index is 3.92. The molecule has 0 aromatic rings. The van der Waals surface area contributed by atoms with Crippen LogP contribution in [0.4, 0.5) is 0 Å². The lowest BCUT2D eigenvalue weighted by atomic mass is 10.1. The molecule has 0 saturated carbocycles. The van der Waals surface area contributed by atoms with Crippen molar-refractivity contribution in [3.8, 4) is 11.8 Å². The van der Waals surface area contributed by atoms with E-state index in [0.29, 0.717) is 0 Å². The second-order valence-electron chi connectivity index (χ2n) is 7.18. The normalized spacial score (nSPS) is 11.1. The van der Waals surface area contributed by atoms with Gasteiger partial charge in [-0.2, -0.15) is 0 Å². The highest BCUT2D eigenvalue weighted by molar-refractivity contribution is 5.21. The van der Waals surface area contributed by atoms with Crippen molar-refractivity contribution in [3.63, 3.8) is 0 Å². The predicted octanol–water partition coefficient (Wildman–Crippen LogP) is 7.59. The van der Waals surface area contributed by atoms with Crippen LogP contribution in [0, 0.1) is 11.8 Å². The third-order valence-corrected chi connectivity index (χ3v) is 4.55. The molecule has 0 aromatic carbocycles. The Labute approximate surface area is 169 Å². The Morgan fingerprint density at radius 3 is 1.89 bits per heavy atom. The van der Waals surface area contributed by atoms with Gasteiger partial charge < -0.3 is 9.47 Å². The molecule has 27 heavy (non-hydrogen) atoms. The minimum absolute atomic E-state index is 0.0214. The molecule has 0 spiro atoms. The lowest BCUT2D eigenvalue weighted by Gasteiger charge is -2.18. The van der Waals surface area contributed by atoms with Gasteiger partial charge in [0.05, 0.1) is 0 Å². The number of ether oxygens (including phenoxy) is 2. The summed E-state index contributed by atoms with van der Waals surface area (Å²) in [5, 5.41) is 0. The molecule has 0 atom stereocenters. The Morgan fingerprint density at radius 1 is 0.741 bits per heavy atom. The molecule has 0 saturated heterocycles. The van der Waals surface area contributed by atoms with Crippen LogP contribution in [0.25, 0.3) is 0 Å². The summed E-state index contributed by atoms with van der Waals surface area (Å²) in [7, 11) is 0. The van der Waals surface area contributed by atoms with Crippen LogP contribution in [0.1, 0.15) is 104 Å². The molecule has 0 fully saturated rings. The molecule has 0 rings (SSSR count). The highest BCUT2D eigenvalue weighted by Gasteiger charge is 2.09. The van der Waals surface area contributed by atoms with Gasteiger partial charge in [0.25, 0.3) is 0 Å². The minimum Gasteiger partial charge on any atom is -0.353 e. The standard InChI is InChI=1S/C25H44O2/c1-4-7-10-13-14-15-16-19-22-25(26-23-20-17-11-8-5-2)27-24-21-18-12-9-6-3/h4,13-14,25H,1,5-6,8-9,11-12,15-24H2,2-3H3/b14-13-. The first kappa shape index (κ1) is 26.0. The molecule has 0 N–H and O–H groups in total. The highest BCUT2D eigenvalue weighted by Crippen LogP contribution is 2.12. The molecule has 0 heterocycles. The topological polar surface area (TPSA) is 18.5 Å². The van der Waals surface area contributed by atoms with Crippen molar-refractivity contribution in [2.75, 3.05) is 13.2 Å². The fourth-order valence-corrected chi connectivity index (χ4v) is 2.88. The summed E-state index contributed by atoms with van der Waals surface area (Å²) in [5.74, 6) is 5.76. The van der Waals surface area contributed by atoms with Gasteiger partial charge in [-0.15, -0.1) is 0 Å². The first-order valence-electron chi connectivity index (χ1n) is 11.3. The molecule has 0 amide bonds. The van der Waals surface area contributed by atoms with Crippen LogP contribution in [0.3, 0.4) is 0 Å². The van der Waals surface area contributed by atoms with Gasteiger partial charge in [-0.1, -0.05) is 89.7 Å². The number of unbranched alkanes of at least 4 members (excludes halogenated alkanes) is 10. The maximum absolute atomic E-state index is 6.04. The number of rotatable bonds is 19. The molecule has 0 radical (unpaired) electrons. The van der Waals surface area contributed by atoms with Gasteiger partial charge in [-0.3, -0.25) is 0 Å². The quantitative estimate of drug-likeness (QED) is 0.131. The highest BCUT2D eigenvalue weighted by atomic mass is 16.7. The largest absolute Gasteiger partial charge is 0.353 e. The smallest absolute Gasteiger partial charge is 0.157 e. The van der Waals surface area contributed by atoms with Gasteiger partial charge >= 0.3 is 0 Å². The van der Waals surface area contributed by atoms with Crippen molar-refractivity contribution in [1.82, 2.24) is 0 Å². The maximum Gasteiger partial charge on any atom is 0.157 e. The van der Waals surface area contributed by atoms with E-state index in [2.05, 4.69) is 38.3 Å². The van der Waals surface area contributed by atoms with Crippen LogP contribution in [0.5, 0.6) is 0 Å². The van der Waals surface area contributed by atoms with E-state index in [1.54, 1.807) is 6.08 Å². The molecular formula is C25H44O2. The second kappa shape index (κ2) is 23.0. The van der Waals surface area contributed by atoms with E-state index in [1.807, 2.05) is 6.08 Å². The van der Waals surface area contributed by atoms with Crippen LogP contribution >= 0.6 is 0 Å². The van der Waals surface area contributed by atoms with E-state index < -0.39 is 0 Å². The van der Waals surface area contributed by atoms with E-state index in [9.17, 15) is 0 Å². The molecule has 0 aromatic heterocycles. The van der Waals surface area contributed by atoms with E-state index >= 15 is 0 Å². The molecule has 0 unspecified atom stereocenters. The SMILES string of the molecule is C=CC#C/C=C\CCCCC(OCCCCCCC)OCCCCCCC.